The topological polar surface area (TPSA) is 74.7 Å². The smallest absolute Gasteiger partial charge is 0.365 e. The Bertz CT molecular complexity index is 726. The first-order valence-electron chi connectivity index (χ1n) is 9.11. The largest absolute Gasteiger partial charge is 0.487 e. The Morgan fingerprint density at radius 1 is 1.07 bits per heavy atom. The normalized spacial score (nSPS) is 11.9. The molecule has 2 aromatic rings. The Morgan fingerprint density at radius 2 is 1.70 bits per heavy atom. The highest BCUT2D eigenvalue weighted by Crippen LogP contribution is 2.30. The maximum Gasteiger partial charge on any atom is 0.365 e. The standard InChI is InChI=1S/C20H25NO5S/c1-4-8-15(9-5-2)25-18-11-7-6-10-17(18)24-14(3)19(22)26-20(23)16-12-27-13-21-16/h6-7,10-15H,4-5,8-9H2,1-3H3. The van der Waals surface area contributed by atoms with Crippen LogP contribution in [0.1, 0.15) is 56.9 Å². The van der Waals surface area contributed by atoms with E-state index in [4.69, 9.17) is 14.2 Å². The van der Waals surface area contributed by atoms with E-state index in [0.29, 0.717) is 11.5 Å². The van der Waals surface area contributed by atoms with Crippen molar-refractivity contribution in [2.75, 3.05) is 0 Å². The molecule has 1 unspecified atom stereocenters. The molecule has 1 heterocycles. The van der Waals surface area contributed by atoms with Crippen molar-refractivity contribution < 1.29 is 23.8 Å². The Labute approximate surface area is 163 Å². The minimum atomic E-state index is -0.965. The zero-order valence-electron chi connectivity index (χ0n) is 15.8. The van der Waals surface area contributed by atoms with Gasteiger partial charge >= 0.3 is 11.9 Å². The van der Waals surface area contributed by atoms with E-state index in [9.17, 15) is 9.59 Å². The van der Waals surface area contributed by atoms with Gasteiger partial charge < -0.3 is 14.2 Å². The van der Waals surface area contributed by atoms with Crippen molar-refractivity contribution >= 4 is 23.3 Å². The molecule has 6 nitrogen and oxygen atoms in total. The van der Waals surface area contributed by atoms with E-state index in [0.717, 1.165) is 25.7 Å². The number of ether oxygens (including phenoxy) is 3. The third kappa shape index (κ3) is 6.36. The van der Waals surface area contributed by atoms with Crippen molar-refractivity contribution in [2.45, 2.75) is 58.7 Å². The molecule has 1 aromatic heterocycles. The van der Waals surface area contributed by atoms with Crippen LogP contribution < -0.4 is 9.47 Å². The number of esters is 2. The van der Waals surface area contributed by atoms with Crippen molar-refractivity contribution in [1.82, 2.24) is 4.98 Å². The van der Waals surface area contributed by atoms with E-state index in [1.807, 2.05) is 12.1 Å². The lowest BCUT2D eigenvalue weighted by Gasteiger charge is -2.21. The van der Waals surface area contributed by atoms with Crippen molar-refractivity contribution in [2.24, 2.45) is 0 Å². The van der Waals surface area contributed by atoms with Crippen LogP contribution in [0, 0.1) is 0 Å². The van der Waals surface area contributed by atoms with Crippen LogP contribution in [-0.2, 0) is 9.53 Å². The summed E-state index contributed by atoms with van der Waals surface area (Å²) in [6, 6.07) is 7.20. The average Bonchev–Trinajstić information content (AvgIpc) is 3.18. The third-order valence-electron chi connectivity index (χ3n) is 3.83. The summed E-state index contributed by atoms with van der Waals surface area (Å²) in [5.41, 5.74) is 1.60. The Balaban J connectivity index is 2.01. The van der Waals surface area contributed by atoms with Crippen molar-refractivity contribution in [1.29, 1.82) is 0 Å². The number of hydrogen-bond acceptors (Lipinski definition) is 7. The number of thiazole rings is 1. The second-order valence-electron chi connectivity index (χ2n) is 6.11. The number of benzene rings is 1. The van der Waals surface area contributed by atoms with E-state index >= 15 is 0 Å². The van der Waals surface area contributed by atoms with E-state index in [1.165, 1.54) is 29.2 Å². The molecule has 0 spiro atoms. The fraction of sp³-hybridized carbons (Fsp3) is 0.450. The number of aromatic nitrogens is 1. The Morgan fingerprint density at radius 3 is 2.26 bits per heavy atom. The van der Waals surface area contributed by atoms with E-state index < -0.39 is 18.0 Å². The fourth-order valence-corrected chi connectivity index (χ4v) is 3.03. The molecule has 0 saturated heterocycles. The molecular weight excluding hydrogens is 366 g/mol. The summed E-state index contributed by atoms with van der Waals surface area (Å²) in [5, 5.41) is 1.52. The molecule has 0 aliphatic heterocycles. The summed E-state index contributed by atoms with van der Waals surface area (Å²) in [6.07, 6.45) is 3.07. The van der Waals surface area contributed by atoms with Crippen LogP contribution in [0.25, 0.3) is 0 Å². The molecule has 0 aliphatic carbocycles. The molecule has 0 amide bonds. The van der Waals surface area contributed by atoms with Gasteiger partial charge in [-0.2, -0.15) is 0 Å². The summed E-state index contributed by atoms with van der Waals surface area (Å²) in [5.74, 6) is -0.538. The maximum absolute atomic E-state index is 12.2. The molecule has 2 rings (SSSR count). The summed E-state index contributed by atoms with van der Waals surface area (Å²) in [7, 11) is 0. The first kappa shape index (κ1) is 20.9. The number of hydrogen-bond donors (Lipinski definition) is 0. The molecule has 146 valence electrons. The van der Waals surface area contributed by atoms with Gasteiger partial charge in [0.05, 0.1) is 11.6 Å². The number of rotatable bonds is 10. The van der Waals surface area contributed by atoms with Gasteiger partial charge in [-0.15, -0.1) is 11.3 Å². The van der Waals surface area contributed by atoms with E-state index in [2.05, 4.69) is 18.8 Å². The zero-order valence-corrected chi connectivity index (χ0v) is 16.7. The van der Waals surface area contributed by atoms with Crippen LogP contribution in [0.3, 0.4) is 0 Å². The minimum Gasteiger partial charge on any atom is -0.487 e. The molecule has 1 aromatic carbocycles. The van der Waals surface area contributed by atoms with Crippen molar-refractivity contribution in [3.05, 3.63) is 40.8 Å². The van der Waals surface area contributed by atoms with Crippen LogP contribution in [0.2, 0.25) is 0 Å². The lowest BCUT2D eigenvalue weighted by atomic mass is 10.1. The molecule has 0 bridgehead atoms. The molecule has 27 heavy (non-hydrogen) atoms. The summed E-state index contributed by atoms with van der Waals surface area (Å²) in [6.45, 7) is 5.76. The predicted octanol–water partition coefficient (Wildman–Crippen LogP) is 4.64. The third-order valence-corrected chi connectivity index (χ3v) is 4.42. The van der Waals surface area contributed by atoms with Gasteiger partial charge in [0, 0.05) is 5.38 Å². The molecule has 0 N–H and O–H groups in total. The number of carbonyl (C=O) groups is 2. The van der Waals surface area contributed by atoms with Gasteiger partial charge in [-0.25, -0.2) is 14.6 Å². The number of para-hydroxylation sites is 2. The Hall–Kier alpha value is -2.41. The van der Waals surface area contributed by atoms with Crippen molar-refractivity contribution in [3.63, 3.8) is 0 Å². The highest BCUT2D eigenvalue weighted by Gasteiger charge is 2.23. The zero-order chi connectivity index (χ0) is 19.6. The van der Waals surface area contributed by atoms with Gasteiger partial charge in [0.25, 0.3) is 0 Å². The van der Waals surface area contributed by atoms with Gasteiger partial charge in [-0.1, -0.05) is 38.8 Å². The summed E-state index contributed by atoms with van der Waals surface area (Å²) in [4.78, 5) is 27.8. The first-order valence-corrected chi connectivity index (χ1v) is 10.1. The molecule has 7 heteroatoms. The van der Waals surface area contributed by atoms with E-state index in [1.54, 1.807) is 12.1 Å². The van der Waals surface area contributed by atoms with E-state index in [-0.39, 0.29) is 11.8 Å². The first-order chi connectivity index (χ1) is 13.0. The predicted molar refractivity (Wildman–Crippen MR) is 103 cm³/mol. The van der Waals surface area contributed by atoms with Crippen LogP contribution in [0.4, 0.5) is 0 Å². The summed E-state index contributed by atoms with van der Waals surface area (Å²) < 4.78 is 16.6. The SMILES string of the molecule is CCCC(CCC)Oc1ccccc1OC(C)C(=O)OC(=O)c1cscn1. The minimum absolute atomic E-state index is 0.0956. The monoisotopic (exact) mass is 391 g/mol. The van der Waals surface area contributed by atoms with Gasteiger partial charge in [0.15, 0.2) is 23.3 Å². The van der Waals surface area contributed by atoms with Crippen molar-refractivity contribution in [3.8, 4) is 11.5 Å². The highest BCUT2D eigenvalue weighted by atomic mass is 32.1. The second kappa shape index (κ2) is 10.7. The average molecular weight is 391 g/mol. The fourth-order valence-electron chi connectivity index (χ4n) is 2.51. The number of carbonyl (C=O) groups excluding carboxylic acids is 2. The van der Waals surface area contributed by atoms with Crippen LogP contribution in [0.15, 0.2) is 35.2 Å². The molecular formula is C20H25NO5S. The second-order valence-corrected chi connectivity index (χ2v) is 6.82. The number of nitrogens with zero attached hydrogens (tertiary/aromatic N) is 1. The molecule has 0 radical (unpaired) electrons. The van der Waals surface area contributed by atoms with Gasteiger partial charge in [0.1, 0.15) is 0 Å². The lowest BCUT2D eigenvalue weighted by Crippen LogP contribution is -2.29. The molecule has 0 aliphatic rings. The van der Waals surface area contributed by atoms with Crippen LogP contribution in [-0.4, -0.2) is 29.1 Å². The highest BCUT2D eigenvalue weighted by molar-refractivity contribution is 7.07. The lowest BCUT2D eigenvalue weighted by molar-refractivity contribution is -0.145. The molecule has 0 fully saturated rings. The van der Waals surface area contributed by atoms with Crippen LogP contribution in [0.5, 0.6) is 11.5 Å². The Kier molecular flexibility index (Phi) is 8.26. The van der Waals surface area contributed by atoms with Gasteiger partial charge in [-0.05, 0) is 31.9 Å². The van der Waals surface area contributed by atoms with Gasteiger partial charge in [-0.3, -0.25) is 0 Å². The quantitative estimate of drug-likeness (QED) is 0.434. The van der Waals surface area contributed by atoms with Crippen LogP contribution >= 0.6 is 11.3 Å². The van der Waals surface area contributed by atoms with Gasteiger partial charge in [0.2, 0.25) is 0 Å². The maximum atomic E-state index is 12.2. The molecule has 1 atom stereocenters. The summed E-state index contributed by atoms with van der Waals surface area (Å²) >= 11 is 1.25. The molecule has 0 saturated carbocycles.